The Hall–Kier alpha value is -2.17. The molecule has 1 atom stereocenters. The fraction of sp³-hybridized carbons (Fsp3) is 0.238. The molecule has 0 radical (unpaired) electrons. The van der Waals surface area contributed by atoms with Gasteiger partial charge in [-0.25, -0.2) is 4.39 Å². The summed E-state index contributed by atoms with van der Waals surface area (Å²) in [5.41, 5.74) is 2.75. The van der Waals surface area contributed by atoms with Gasteiger partial charge in [0.05, 0.1) is 10.7 Å². The molecule has 138 valence electrons. The highest BCUT2D eigenvalue weighted by molar-refractivity contribution is 6.31. The second-order valence-electron chi connectivity index (χ2n) is 6.77. The normalized spacial score (nSPS) is 20.1. The van der Waals surface area contributed by atoms with Crippen LogP contribution in [0.1, 0.15) is 37.2 Å². The molecule has 0 saturated carbocycles. The summed E-state index contributed by atoms with van der Waals surface area (Å²) in [7, 11) is 0. The topological polar surface area (TPSA) is 37.4 Å². The molecule has 2 aliphatic rings. The molecule has 6 heteroatoms. The Morgan fingerprint density at radius 1 is 1.00 bits per heavy atom. The van der Waals surface area contributed by atoms with Crippen molar-refractivity contribution in [2.24, 2.45) is 0 Å². The summed E-state index contributed by atoms with van der Waals surface area (Å²) in [5.74, 6) is -0.907. The van der Waals surface area contributed by atoms with Gasteiger partial charge in [-0.1, -0.05) is 35.3 Å². The van der Waals surface area contributed by atoms with E-state index in [1.165, 1.54) is 23.1 Å². The number of amides is 1. The van der Waals surface area contributed by atoms with Crippen LogP contribution in [0, 0.1) is 5.82 Å². The van der Waals surface area contributed by atoms with Gasteiger partial charge in [0.15, 0.2) is 5.78 Å². The fourth-order valence-corrected chi connectivity index (χ4v) is 4.20. The molecule has 0 spiro atoms. The monoisotopic (exact) mass is 403 g/mol. The number of anilines is 1. The van der Waals surface area contributed by atoms with Crippen molar-refractivity contribution in [2.45, 2.75) is 31.6 Å². The van der Waals surface area contributed by atoms with Crippen molar-refractivity contribution in [2.75, 3.05) is 4.90 Å². The number of carbonyl (C=O) groups is 2. The minimum atomic E-state index is -0.544. The number of Topliss-reactive ketones (excluding diaryl/α,β-unsaturated/α-hetero) is 1. The Kier molecular flexibility index (Phi) is 4.79. The van der Waals surface area contributed by atoms with Crippen molar-refractivity contribution in [3.63, 3.8) is 0 Å². The molecular formula is C21H16Cl2FNO2. The molecule has 0 aromatic heterocycles. The van der Waals surface area contributed by atoms with E-state index in [-0.39, 0.29) is 29.1 Å². The van der Waals surface area contributed by atoms with Crippen molar-refractivity contribution in [1.82, 2.24) is 0 Å². The summed E-state index contributed by atoms with van der Waals surface area (Å²) in [6.45, 7) is 0. The second-order valence-corrected chi connectivity index (χ2v) is 7.62. The van der Waals surface area contributed by atoms with Gasteiger partial charge in [0.25, 0.3) is 0 Å². The quantitative estimate of drug-likeness (QED) is 0.648. The van der Waals surface area contributed by atoms with Gasteiger partial charge in [-0.05, 0) is 48.7 Å². The predicted molar refractivity (Wildman–Crippen MR) is 104 cm³/mol. The lowest BCUT2D eigenvalue weighted by Gasteiger charge is -2.38. The molecule has 1 aliphatic heterocycles. The van der Waals surface area contributed by atoms with E-state index < -0.39 is 5.82 Å². The number of allylic oxidation sites excluding steroid dienone is 2. The zero-order valence-electron chi connectivity index (χ0n) is 14.3. The maximum atomic E-state index is 13.6. The first-order valence-corrected chi connectivity index (χ1v) is 9.51. The van der Waals surface area contributed by atoms with Gasteiger partial charge in [-0.15, -0.1) is 0 Å². The van der Waals surface area contributed by atoms with E-state index in [2.05, 4.69) is 0 Å². The van der Waals surface area contributed by atoms with E-state index in [1.807, 2.05) is 12.1 Å². The third-order valence-corrected chi connectivity index (χ3v) is 5.65. The molecule has 0 saturated heterocycles. The Balaban J connectivity index is 1.85. The summed E-state index contributed by atoms with van der Waals surface area (Å²) >= 11 is 11.9. The largest absolute Gasteiger partial charge is 0.294 e. The second kappa shape index (κ2) is 7.10. The number of nitrogens with zero attached hydrogens (tertiary/aromatic N) is 1. The lowest BCUT2D eigenvalue weighted by molar-refractivity contribution is -0.119. The lowest BCUT2D eigenvalue weighted by Crippen LogP contribution is -2.40. The van der Waals surface area contributed by atoms with Crippen LogP contribution in [-0.2, 0) is 9.59 Å². The highest BCUT2D eigenvalue weighted by atomic mass is 35.5. The van der Waals surface area contributed by atoms with Gasteiger partial charge in [0, 0.05) is 35.1 Å². The van der Waals surface area contributed by atoms with Crippen molar-refractivity contribution < 1.29 is 14.0 Å². The molecule has 0 N–H and O–H groups in total. The number of hydrogen-bond acceptors (Lipinski definition) is 2. The average molecular weight is 404 g/mol. The zero-order valence-corrected chi connectivity index (χ0v) is 15.9. The molecule has 0 bridgehead atoms. The number of hydrogen-bond donors (Lipinski definition) is 0. The molecular weight excluding hydrogens is 388 g/mol. The summed E-state index contributed by atoms with van der Waals surface area (Å²) < 4.78 is 13.6. The van der Waals surface area contributed by atoms with E-state index in [1.54, 1.807) is 12.1 Å². The Morgan fingerprint density at radius 2 is 1.74 bits per heavy atom. The maximum Gasteiger partial charge on any atom is 0.232 e. The van der Waals surface area contributed by atoms with E-state index in [0.717, 1.165) is 5.56 Å². The van der Waals surface area contributed by atoms with Gasteiger partial charge >= 0.3 is 0 Å². The van der Waals surface area contributed by atoms with Crippen LogP contribution < -0.4 is 4.90 Å². The van der Waals surface area contributed by atoms with Crippen LogP contribution in [0.3, 0.4) is 0 Å². The summed E-state index contributed by atoms with van der Waals surface area (Å²) in [5, 5.41) is 0.553. The number of carbonyl (C=O) groups excluding carboxylic acids is 2. The minimum absolute atomic E-state index is 0.0515. The van der Waals surface area contributed by atoms with Crippen LogP contribution in [0.15, 0.2) is 53.7 Å². The van der Waals surface area contributed by atoms with Gasteiger partial charge in [0.2, 0.25) is 5.91 Å². The Labute approximate surface area is 166 Å². The first kappa shape index (κ1) is 18.2. The van der Waals surface area contributed by atoms with Crippen LogP contribution in [0.5, 0.6) is 0 Å². The van der Waals surface area contributed by atoms with Crippen LogP contribution in [0.25, 0.3) is 0 Å². The predicted octanol–water partition coefficient (Wildman–Crippen LogP) is 5.66. The third-order valence-electron chi connectivity index (χ3n) is 5.11. The molecule has 3 nitrogen and oxygen atoms in total. The van der Waals surface area contributed by atoms with Crippen molar-refractivity contribution >= 4 is 40.6 Å². The van der Waals surface area contributed by atoms with E-state index in [0.29, 0.717) is 41.2 Å². The fourth-order valence-electron chi connectivity index (χ4n) is 3.90. The number of halogens is 3. The van der Waals surface area contributed by atoms with Crippen molar-refractivity contribution in [3.8, 4) is 0 Å². The Bertz CT molecular complexity index is 969. The smallest absolute Gasteiger partial charge is 0.232 e. The first-order valence-electron chi connectivity index (χ1n) is 8.75. The molecule has 2 aromatic rings. The van der Waals surface area contributed by atoms with E-state index >= 15 is 0 Å². The third kappa shape index (κ3) is 3.28. The number of benzene rings is 2. The Morgan fingerprint density at radius 3 is 2.44 bits per heavy atom. The van der Waals surface area contributed by atoms with Crippen LogP contribution in [0.2, 0.25) is 10.0 Å². The van der Waals surface area contributed by atoms with E-state index in [4.69, 9.17) is 23.2 Å². The molecule has 27 heavy (non-hydrogen) atoms. The number of ketones is 1. The molecule has 0 fully saturated rings. The SMILES string of the molecule is O=C1CCCC2=C1C(c1ccc(Cl)cc1)CC(=O)N2c1ccc(F)c(Cl)c1. The lowest BCUT2D eigenvalue weighted by atomic mass is 9.77. The van der Waals surface area contributed by atoms with Crippen LogP contribution in [-0.4, -0.2) is 11.7 Å². The standard InChI is InChI=1S/C21H16Cl2FNO2/c22-13-6-4-12(5-7-13)15-11-20(27)25(14-8-9-17(24)16(23)10-14)18-2-1-3-19(26)21(15)18/h4-10,15H,1-3,11H2. The molecule has 2 aromatic carbocycles. The van der Waals surface area contributed by atoms with Crippen LogP contribution >= 0.6 is 23.2 Å². The first-order chi connectivity index (χ1) is 13.0. The van der Waals surface area contributed by atoms with E-state index in [9.17, 15) is 14.0 Å². The maximum absolute atomic E-state index is 13.6. The van der Waals surface area contributed by atoms with Gasteiger partial charge < -0.3 is 0 Å². The zero-order chi connectivity index (χ0) is 19.1. The van der Waals surface area contributed by atoms with Gasteiger partial charge in [-0.2, -0.15) is 0 Å². The highest BCUT2D eigenvalue weighted by Crippen LogP contribution is 2.43. The van der Waals surface area contributed by atoms with Gasteiger partial charge in [-0.3, -0.25) is 14.5 Å². The molecule has 4 rings (SSSR count). The summed E-state index contributed by atoms with van der Waals surface area (Å²) in [6.07, 6.45) is 1.94. The van der Waals surface area contributed by atoms with Crippen LogP contribution in [0.4, 0.5) is 10.1 Å². The molecule has 1 aliphatic carbocycles. The molecule has 1 unspecified atom stereocenters. The van der Waals surface area contributed by atoms with Crippen molar-refractivity contribution in [3.05, 3.63) is 75.2 Å². The summed E-state index contributed by atoms with van der Waals surface area (Å²) in [4.78, 5) is 27.3. The van der Waals surface area contributed by atoms with Crippen molar-refractivity contribution in [1.29, 1.82) is 0 Å². The highest BCUT2D eigenvalue weighted by Gasteiger charge is 2.39. The number of rotatable bonds is 2. The summed E-state index contributed by atoms with van der Waals surface area (Å²) in [6, 6.07) is 11.4. The molecule has 1 heterocycles. The minimum Gasteiger partial charge on any atom is -0.294 e. The average Bonchev–Trinajstić information content (AvgIpc) is 2.64. The van der Waals surface area contributed by atoms with Gasteiger partial charge in [0.1, 0.15) is 5.82 Å². The molecule has 1 amide bonds.